The van der Waals surface area contributed by atoms with Gasteiger partial charge in [0.25, 0.3) is 15.9 Å². The van der Waals surface area contributed by atoms with Gasteiger partial charge in [-0.15, -0.1) is 10.2 Å². The van der Waals surface area contributed by atoms with E-state index in [0.717, 1.165) is 33.6 Å². The maximum Gasteiger partial charge on any atom is 0.270 e. The van der Waals surface area contributed by atoms with E-state index in [1.165, 1.54) is 0 Å². The van der Waals surface area contributed by atoms with E-state index in [1.807, 2.05) is 62.4 Å². The summed E-state index contributed by atoms with van der Waals surface area (Å²) in [6.07, 6.45) is 0. The molecule has 0 aliphatic heterocycles. The molecule has 4 aromatic rings. The van der Waals surface area contributed by atoms with Gasteiger partial charge in [-0.25, -0.2) is 8.42 Å². The van der Waals surface area contributed by atoms with E-state index in [1.54, 1.807) is 24.3 Å². The predicted molar refractivity (Wildman–Crippen MR) is 134 cm³/mol. The van der Waals surface area contributed by atoms with Crippen molar-refractivity contribution >= 4 is 44.0 Å². The van der Waals surface area contributed by atoms with E-state index in [2.05, 4.69) is 20.2 Å². The molecule has 3 aromatic carbocycles. The molecule has 2 N–H and O–H groups in total. The van der Waals surface area contributed by atoms with Gasteiger partial charge in [-0.2, -0.15) is 4.72 Å². The second-order valence-electron chi connectivity index (χ2n) is 7.63. The van der Waals surface area contributed by atoms with E-state index < -0.39 is 22.0 Å². The number of aryl methyl sites for hydroxylation is 2. The summed E-state index contributed by atoms with van der Waals surface area (Å²) in [6, 6.07) is 21.1. The van der Waals surface area contributed by atoms with Gasteiger partial charge in [0.15, 0.2) is 0 Å². The first-order chi connectivity index (χ1) is 16.2. The van der Waals surface area contributed by atoms with Crippen LogP contribution in [0.3, 0.4) is 0 Å². The van der Waals surface area contributed by atoms with E-state index in [-0.39, 0.29) is 20.1 Å². The fourth-order valence-corrected chi connectivity index (χ4v) is 5.83. The maximum atomic E-state index is 13.3. The molecule has 0 radical (unpaired) electrons. The fourth-order valence-electron chi connectivity index (χ4n) is 3.49. The number of carbonyl (C=O) groups is 1. The highest BCUT2D eigenvalue weighted by Crippen LogP contribution is 2.29. The average Bonchev–Trinajstić information content (AvgIpc) is 3.28. The molecular weight excluding hydrogens is 492 g/mol. The molecule has 0 bridgehead atoms. The van der Waals surface area contributed by atoms with Crippen molar-refractivity contribution in [3.8, 4) is 0 Å². The third kappa shape index (κ3) is 5.34. The van der Waals surface area contributed by atoms with Crippen LogP contribution in [0.5, 0.6) is 0 Å². The number of anilines is 1. The fraction of sp³-hybridized carbons (Fsp3) is 0.125. The minimum Gasteiger partial charge on any atom is -0.296 e. The van der Waals surface area contributed by atoms with Gasteiger partial charge in [0.2, 0.25) is 9.47 Å². The molecule has 174 valence electrons. The summed E-state index contributed by atoms with van der Waals surface area (Å²) in [5, 5.41) is 10.5. The van der Waals surface area contributed by atoms with Crippen molar-refractivity contribution in [3.05, 3.63) is 106 Å². The van der Waals surface area contributed by atoms with E-state index in [9.17, 15) is 13.2 Å². The number of benzene rings is 3. The van der Waals surface area contributed by atoms with Crippen LogP contribution in [0.1, 0.15) is 38.7 Å². The third-order valence-electron chi connectivity index (χ3n) is 5.12. The van der Waals surface area contributed by atoms with E-state index >= 15 is 0 Å². The van der Waals surface area contributed by atoms with Gasteiger partial charge in [0, 0.05) is 0 Å². The Balaban J connectivity index is 1.61. The van der Waals surface area contributed by atoms with Crippen LogP contribution < -0.4 is 10.0 Å². The quantitative estimate of drug-likeness (QED) is 0.334. The summed E-state index contributed by atoms with van der Waals surface area (Å²) < 4.78 is 29.0. The molecule has 1 aromatic heterocycles. The number of carbonyl (C=O) groups excluding carboxylic acids is 1. The van der Waals surface area contributed by atoms with Crippen molar-refractivity contribution in [1.82, 2.24) is 14.9 Å². The van der Waals surface area contributed by atoms with Crippen LogP contribution in [0.25, 0.3) is 0 Å². The number of nitrogens with one attached hydrogen (secondary N) is 2. The highest BCUT2D eigenvalue weighted by atomic mass is 35.5. The predicted octanol–water partition coefficient (Wildman–Crippen LogP) is 5.13. The molecule has 0 aliphatic rings. The molecule has 1 heterocycles. The van der Waals surface area contributed by atoms with Crippen molar-refractivity contribution in [3.63, 3.8) is 0 Å². The van der Waals surface area contributed by atoms with Crippen LogP contribution >= 0.6 is 22.9 Å². The lowest BCUT2D eigenvalue weighted by Gasteiger charge is -2.21. The number of amides is 1. The zero-order chi connectivity index (χ0) is 24.3. The minimum absolute atomic E-state index is 0.0491. The molecule has 0 fully saturated rings. The number of halogens is 1. The van der Waals surface area contributed by atoms with Crippen LogP contribution in [-0.2, 0) is 10.0 Å². The second-order valence-corrected chi connectivity index (χ2v) is 10.9. The highest BCUT2D eigenvalue weighted by Gasteiger charge is 2.27. The molecule has 1 atom stereocenters. The van der Waals surface area contributed by atoms with Gasteiger partial charge in [0.1, 0.15) is 0 Å². The lowest BCUT2D eigenvalue weighted by atomic mass is 9.95. The summed E-state index contributed by atoms with van der Waals surface area (Å²) in [7, 11) is -4.05. The summed E-state index contributed by atoms with van der Waals surface area (Å²) in [4.78, 5) is 12.5. The van der Waals surface area contributed by atoms with Crippen molar-refractivity contribution in [2.45, 2.75) is 24.2 Å². The van der Waals surface area contributed by atoms with Gasteiger partial charge in [-0.1, -0.05) is 89.2 Å². The minimum atomic E-state index is -4.05. The molecule has 0 spiro atoms. The van der Waals surface area contributed by atoms with Crippen LogP contribution in [0, 0.1) is 13.8 Å². The number of sulfonamides is 1. The average molecular weight is 513 g/mol. The second kappa shape index (κ2) is 10.0. The van der Waals surface area contributed by atoms with Gasteiger partial charge >= 0.3 is 0 Å². The third-order valence-corrected chi connectivity index (χ3v) is 8.08. The molecular formula is C24H21ClN4O3S2. The summed E-state index contributed by atoms with van der Waals surface area (Å²) in [5.74, 6) is -0.504. The smallest absolute Gasteiger partial charge is 0.270 e. The molecule has 34 heavy (non-hydrogen) atoms. The first kappa shape index (κ1) is 24.0. The van der Waals surface area contributed by atoms with Crippen molar-refractivity contribution in [2.24, 2.45) is 0 Å². The summed E-state index contributed by atoms with van der Waals surface area (Å²) in [5.41, 5.74) is 3.91. The number of hydrogen-bond acceptors (Lipinski definition) is 6. The van der Waals surface area contributed by atoms with Crippen LogP contribution in [0.2, 0.25) is 5.02 Å². The summed E-state index contributed by atoms with van der Waals surface area (Å²) >= 11 is 6.82. The van der Waals surface area contributed by atoms with E-state index in [0.29, 0.717) is 0 Å². The van der Waals surface area contributed by atoms with Crippen LogP contribution in [0.15, 0.2) is 77.1 Å². The molecule has 10 heteroatoms. The zero-order valence-corrected chi connectivity index (χ0v) is 20.7. The Morgan fingerprint density at radius 3 is 2.38 bits per heavy atom. The first-order valence-electron chi connectivity index (χ1n) is 10.3. The Morgan fingerprint density at radius 2 is 1.68 bits per heavy atom. The highest BCUT2D eigenvalue weighted by molar-refractivity contribution is 7.91. The van der Waals surface area contributed by atoms with Crippen molar-refractivity contribution in [1.29, 1.82) is 0 Å². The van der Waals surface area contributed by atoms with Crippen LogP contribution in [0.4, 0.5) is 5.13 Å². The molecule has 0 aliphatic carbocycles. The van der Waals surface area contributed by atoms with Crippen LogP contribution in [-0.4, -0.2) is 24.5 Å². The molecule has 0 saturated heterocycles. The normalized spacial score (nSPS) is 12.3. The lowest BCUT2D eigenvalue weighted by molar-refractivity contribution is 0.102. The largest absolute Gasteiger partial charge is 0.296 e. The SMILES string of the molecule is Cc1ccc([C@H](NS(=O)(=O)c2nnc(NC(=O)c3ccccc3Cl)s2)c2ccccc2)c(C)c1. The molecule has 0 unspecified atom stereocenters. The number of hydrogen-bond donors (Lipinski definition) is 2. The van der Waals surface area contributed by atoms with Gasteiger partial charge in [-0.05, 0) is 42.7 Å². The zero-order valence-electron chi connectivity index (χ0n) is 18.3. The topological polar surface area (TPSA) is 101 Å². The van der Waals surface area contributed by atoms with Gasteiger partial charge < -0.3 is 0 Å². The number of aromatic nitrogens is 2. The molecule has 0 saturated carbocycles. The van der Waals surface area contributed by atoms with Gasteiger partial charge in [0.05, 0.1) is 16.6 Å². The lowest BCUT2D eigenvalue weighted by Crippen LogP contribution is -2.30. The maximum absolute atomic E-state index is 13.3. The first-order valence-corrected chi connectivity index (χ1v) is 13.0. The van der Waals surface area contributed by atoms with E-state index in [4.69, 9.17) is 11.6 Å². The standard InChI is InChI=1S/C24H21ClN4O3S2/c1-15-12-13-18(16(2)14-15)21(17-8-4-3-5-9-17)29-34(31,32)24-28-27-23(33-24)26-22(30)19-10-6-7-11-20(19)25/h3-14,21,29H,1-2H3,(H,26,27,30)/t21-/m1/s1. The van der Waals surface area contributed by atoms with Gasteiger partial charge in [-0.3, -0.25) is 10.1 Å². The summed E-state index contributed by atoms with van der Waals surface area (Å²) in [6.45, 7) is 3.93. The Hall–Kier alpha value is -3.11. The number of nitrogens with zero attached hydrogens (tertiary/aromatic N) is 2. The van der Waals surface area contributed by atoms with Crippen molar-refractivity contribution < 1.29 is 13.2 Å². The molecule has 1 amide bonds. The Morgan fingerprint density at radius 1 is 0.971 bits per heavy atom. The molecule has 4 rings (SSSR count). The number of rotatable bonds is 7. The Kier molecular flexibility index (Phi) is 7.08. The Labute approximate surface area is 206 Å². The van der Waals surface area contributed by atoms with Crippen molar-refractivity contribution in [2.75, 3.05) is 5.32 Å². The molecule has 7 nitrogen and oxygen atoms in total. The monoisotopic (exact) mass is 512 g/mol. The Bertz CT molecular complexity index is 1440.